The molecular weight excluding hydrogens is 504 g/mol. The van der Waals surface area contributed by atoms with Gasteiger partial charge in [-0.3, -0.25) is 24.2 Å². The number of nitrogens with two attached hydrogens (primary N) is 4. The number of nitrogens with one attached hydrogen (secondary N) is 3. The monoisotopic (exact) mass is 540 g/mol. The number of amides is 4. The van der Waals surface area contributed by atoms with Crippen LogP contribution in [0.15, 0.2) is 59.6 Å². The first-order valence-electron chi connectivity index (χ1n) is 12.3. The Labute approximate surface area is 226 Å². The number of nitrogens with zero attached hydrogens (tertiary/aromatic N) is 1. The van der Waals surface area contributed by atoms with Crippen LogP contribution in [-0.2, 0) is 32.0 Å². The van der Waals surface area contributed by atoms with Gasteiger partial charge in [-0.15, -0.1) is 0 Å². The van der Waals surface area contributed by atoms with E-state index in [9.17, 15) is 24.3 Å². The minimum absolute atomic E-state index is 0.0826. The van der Waals surface area contributed by atoms with E-state index in [1.165, 1.54) is 12.1 Å². The van der Waals surface area contributed by atoms with Gasteiger partial charge in [0.05, 0.1) is 12.6 Å². The van der Waals surface area contributed by atoms with Crippen molar-refractivity contribution in [2.75, 3.05) is 13.1 Å². The van der Waals surface area contributed by atoms with Crippen molar-refractivity contribution >= 4 is 29.6 Å². The van der Waals surface area contributed by atoms with E-state index < -0.39 is 48.3 Å². The molecule has 0 saturated heterocycles. The lowest BCUT2D eigenvalue weighted by Gasteiger charge is -2.24. The Hall–Kier alpha value is -4.65. The Balaban J connectivity index is 2.16. The first-order chi connectivity index (χ1) is 18.5. The van der Waals surface area contributed by atoms with Gasteiger partial charge < -0.3 is 44.0 Å². The standard InChI is InChI=1S/C26H36N8O5/c27-19(13-17-8-10-18(35)11-9-17)23(37)33-20(7-4-12-31-26(29)30)25(39)34-21(24(38)32-15-22(28)36)14-16-5-2-1-3-6-16/h1-3,5-6,8-11,19-21,35H,4,7,12-15,27H2,(H2,28,36)(H,32,38)(H,33,37)(H,34,39)(H4,29,30,31)/t19-,20-,21-/m0/s1. The van der Waals surface area contributed by atoms with Gasteiger partial charge in [-0.25, -0.2) is 0 Å². The molecule has 0 spiro atoms. The van der Waals surface area contributed by atoms with Crippen LogP contribution in [0.1, 0.15) is 24.0 Å². The number of primary amides is 1. The number of phenols is 1. The highest BCUT2D eigenvalue weighted by Gasteiger charge is 2.28. The number of benzene rings is 2. The third kappa shape index (κ3) is 11.5. The largest absolute Gasteiger partial charge is 0.508 e. The molecule has 0 aliphatic carbocycles. The maximum absolute atomic E-state index is 13.3. The molecule has 210 valence electrons. The summed E-state index contributed by atoms with van der Waals surface area (Å²) in [5.41, 5.74) is 23.4. The lowest BCUT2D eigenvalue weighted by molar-refractivity contribution is -0.133. The van der Waals surface area contributed by atoms with Crippen molar-refractivity contribution in [1.29, 1.82) is 0 Å². The zero-order valence-electron chi connectivity index (χ0n) is 21.5. The highest BCUT2D eigenvalue weighted by molar-refractivity contribution is 5.94. The molecule has 0 unspecified atom stereocenters. The Kier molecular flexibility index (Phi) is 12.2. The van der Waals surface area contributed by atoms with Crippen LogP contribution in [0.25, 0.3) is 0 Å². The van der Waals surface area contributed by atoms with Crippen molar-refractivity contribution in [3.63, 3.8) is 0 Å². The van der Waals surface area contributed by atoms with E-state index in [-0.39, 0.29) is 37.5 Å². The van der Waals surface area contributed by atoms with Crippen molar-refractivity contribution < 1.29 is 24.3 Å². The molecule has 2 aromatic rings. The maximum Gasteiger partial charge on any atom is 0.243 e. The molecule has 2 rings (SSSR count). The van der Waals surface area contributed by atoms with Crippen LogP contribution >= 0.6 is 0 Å². The van der Waals surface area contributed by atoms with Crippen LogP contribution in [0.2, 0.25) is 0 Å². The number of rotatable bonds is 15. The van der Waals surface area contributed by atoms with Crippen LogP contribution in [0.5, 0.6) is 5.75 Å². The first-order valence-corrected chi connectivity index (χ1v) is 12.3. The molecule has 2 aromatic carbocycles. The minimum atomic E-state index is -1.06. The van der Waals surface area contributed by atoms with Crippen LogP contribution in [0, 0.1) is 0 Å². The number of carbonyl (C=O) groups is 4. The summed E-state index contributed by atoms with van der Waals surface area (Å²) in [7, 11) is 0. The van der Waals surface area contributed by atoms with Gasteiger partial charge in [-0.1, -0.05) is 42.5 Å². The van der Waals surface area contributed by atoms with Crippen molar-refractivity contribution in [2.45, 2.75) is 43.8 Å². The minimum Gasteiger partial charge on any atom is -0.508 e. The van der Waals surface area contributed by atoms with E-state index in [4.69, 9.17) is 22.9 Å². The summed E-state index contributed by atoms with van der Waals surface area (Å²) in [5.74, 6) is -2.58. The number of aromatic hydroxyl groups is 1. The predicted octanol–water partition coefficient (Wildman–Crippen LogP) is -1.87. The zero-order valence-corrected chi connectivity index (χ0v) is 21.5. The Morgan fingerprint density at radius 3 is 2.03 bits per heavy atom. The third-order valence-corrected chi connectivity index (χ3v) is 5.66. The van der Waals surface area contributed by atoms with Crippen molar-refractivity contribution in [2.24, 2.45) is 27.9 Å². The molecule has 0 heterocycles. The molecule has 0 radical (unpaired) electrons. The molecule has 0 aromatic heterocycles. The van der Waals surface area contributed by atoms with E-state index in [2.05, 4.69) is 20.9 Å². The van der Waals surface area contributed by atoms with Crippen LogP contribution in [-0.4, -0.2) is 65.9 Å². The van der Waals surface area contributed by atoms with Crippen molar-refractivity contribution in [3.05, 3.63) is 65.7 Å². The Morgan fingerprint density at radius 2 is 1.41 bits per heavy atom. The zero-order chi connectivity index (χ0) is 28.8. The quantitative estimate of drug-likeness (QED) is 0.0721. The lowest BCUT2D eigenvalue weighted by atomic mass is 10.0. The number of hydrogen-bond donors (Lipinski definition) is 8. The summed E-state index contributed by atoms with van der Waals surface area (Å²) in [6, 6.07) is 12.1. The highest BCUT2D eigenvalue weighted by Crippen LogP contribution is 2.11. The first kappa shape index (κ1) is 30.6. The maximum atomic E-state index is 13.3. The fourth-order valence-electron chi connectivity index (χ4n) is 3.66. The molecule has 0 aliphatic rings. The fraction of sp³-hybridized carbons (Fsp3) is 0.346. The van der Waals surface area contributed by atoms with Crippen LogP contribution < -0.4 is 38.9 Å². The van der Waals surface area contributed by atoms with E-state index in [0.717, 1.165) is 11.1 Å². The van der Waals surface area contributed by atoms with Gasteiger partial charge in [0.25, 0.3) is 0 Å². The third-order valence-electron chi connectivity index (χ3n) is 5.66. The second-order valence-electron chi connectivity index (χ2n) is 8.92. The predicted molar refractivity (Wildman–Crippen MR) is 146 cm³/mol. The van der Waals surface area contributed by atoms with Crippen LogP contribution in [0.3, 0.4) is 0 Å². The molecule has 12 N–H and O–H groups in total. The molecule has 0 saturated carbocycles. The Morgan fingerprint density at radius 1 is 0.795 bits per heavy atom. The number of hydrogen-bond acceptors (Lipinski definition) is 7. The average Bonchev–Trinajstić information content (AvgIpc) is 2.90. The topological polar surface area (TPSA) is 241 Å². The molecule has 13 nitrogen and oxygen atoms in total. The molecular formula is C26H36N8O5. The lowest BCUT2D eigenvalue weighted by Crippen LogP contribution is -2.56. The van der Waals surface area contributed by atoms with Crippen molar-refractivity contribution in [1.82, 2.24) is 16.0 Å². The summed E-state index contributed by atoms with van der Waals surface area (Å²) in [4.78, 5) is 54.1. The smallest absolute Gasteiger partial charge is 0.243 e. The normalized spacial score (nSPS) is 12.8. The van der Waals surface area contributed by atoms with Crippen LogP contribution in [0.4, 0.5) is 0 Å². The molecule has 39 heavy (non-hydrogen) atoms. The Bertz CT molecular complexity index is 1140. The SMILES string of the molecule is NC(=O)CNC(=O)[C@H](Cc1ccccc1)NC(=O)[C@H](CCCN=C(N)N)NC(=O)[C@@H](N)Cc1ccc(O)cc1. The average molecular weight is 541 g/mol. The molecule has 3 atom stereocenters. The molecule has 0 aliphatic heterocycles. The van der Waals surface area contributed by atoms with E-state index >= 15 is 0 Å². The summed E-state index contributed by atoms with van der Waals surface area (Å²) in [6.07, 6.45) is 0.800. The molecule has 13 heteroatoms. The van der Waals surface area contributed by atoms with Gasteiger partial charge in [-0.05, 0) is 42.5 Å². The van der Waals surface area contributed by atoms with Gasteiger partial charge >= 0.3 is 0 Å². The summed E-state index contributed by atoms with van der Waals surface area (Å²) in [5, 5.41) is 17.2. The summed E-state index contributed by atoms with van der Waals surface area (Å²) in [6.45, 7) is -0.182. The molecule has 0 bridgehead atoms. The van der Waals surface area contributed by atoms with E-state index in [0.29, 0.717) is 6.42 Å². The van der Waals surface area contributed by atoms with Gasteiger partial charge in [0.15, 0.2) is 5.96 Å². The van der Waals surface area contributed by atoms with E-state index in [1.54, 1.807) is 36.4 Å². The fourth-order valence-corrected chi connectivity index (χ4v) is 3.66. The highest BCUT2D eigenvalue weighted by atomic mass is 16.3. The van der Waals surface area contributed by atoms with E-state index in [1.807, 2.05) is 6.07 Å². The van der Waals surface area contributed by atoms with Gasteiger partial charge in [-0.2, -0.15) is 0 Å². The second kappa shape index (κ2) is 15.6. The number of guanidine groups is 1. The van der Waals surface area contributed by atoms with Gasteiger partial charge in [0.1, 0.15) is 17.8 Å². The number of phenolic OH excluding ortho intramolecular Hbond substituents is 1. The number of aliphatic imine (C=N–C) groups is 1. The summed E-state index contributed by atoms with van der Waals surface area (Å²) < 4.78 is 0. The van der Waals surface area contributed by atoms with Gasteiger partial charge in [0, 0.05) is 13.0 Å². The molecule has 4 amide bonds. The van der Waals surface area contributed by atoms with Crippen molar-refractivity contribution in [3.8, 4) is 5.75 Å². The summed E-state index contributed by atoms with van der Waals surface area (Å²) >= 11 is 0. The molecule has 0 fully saturated rings. The van der Waals surface area contributed by atoms with Gasteiger partial charge in [0.2, 0.25) is 23.6 Å². The second-order valence-corrected chi connectivity index (χ2v) is 8.92. The number of carbonyl (C=O) groups excluding carboxylic acids is 4.